The number of benzene rings is 1. The molecule has 4 rings (SSSR count). The Bertz CT molecular complexity index is 944. The molecule has 0 radical (unpaired) electrons. The van der Waals surface area contributed by atoms with Gasteiger partial charge < -0.3 is 19.4 Å². The largest absolute Gasteiger partial charge is 0.381 e. The Morgan fingerprint density at radius 3 is 2.57 bits per heavy atom. The number of carbonyl (C=O) groups excluding carboxylic acids is 2. The van der Waals surface area contributed by atoms with Crippen molar-refractivity contribution in [1.82, 2.24) is 24.6 Å². The number of nitrogens with zero attached hydrogens (tertiary/aromatic N) is 6. The van der Waals surface area contributed by atoms with E-state index in [1.165, 1.54) is 6.33 Å². The van der Waals surface area contributed by atoms with E-state index in [1.807, 2.05) is 34.1 Å². The van der Waals surface area contributed by atoms with Crippen LogP contribution in [-0.2, 0) is 27.4 Å². The molecule has 0 saturated carbocycles. The second kappa shape index (κ2) is 12.8. The first-order valence-corrected chi connectivity index (χ1v) is 12.9. The first kappa shape index (κ1) is 25.3. The third kappa shape index (κ3) is 7.11. The molecule has 9 heteroatoms. The summed E-state index contributed by atoms with van der Waals surface area (Å²) < 4.78 is 7.34. The topological polar surface area (TPSA) is 83.8 Å². The number of ether oxygens (including phenoxy) is 1. The summed E-state index contributed by atoms with van der Waals surface area (Å²) in [6.45, 7) is 7.72. The number of amides is 2. The van der Waals surface area contributed by atoms with Gasteiger partial charge in [-0.25, -0.2) is 4.98 Å². The summed E-state index contributed by atoms with van der Waals surface area (Å²) in [7, 11) is 0. The molecule has 1 saturated heterocycles. The van der Waals surface area contributed by atoms with Crippen LogP contribution in [0.2, 0.25) is 0 Å². The van der Waals surface area contributed by atoms with Crippen molar-refractivity contribution in [2.45, 2.75) is 64.6 Å². The molecule has 9 nitrogen and oxygen atoms in total. The Hall–Kier alpha value is -2.78. The average Bonchev–Trinajstić information content (AvgIpc) is 3.38. The van der Waals surface area contributed by atoms with Gasteiger partial charge in [0, 0.05) is 77.6 Å². The molecular weight excluding hydrogens is 444 g/mol. The number of carbonyl (C=O) groups is 2. The van der Waals surface area contributed by atoms with Gasteiger partial charge in [-0.15, -0.1) is 0 Å². The molecule has 190 valence electrons. The molecule has 2 aliphatic heterocycles. The Labute approximate surface area is 208 Å². The molecule has 3 heterocycles. The summed E-state index contributed by atoms with van der Waals surface area (Å²) >= 11 is 0. The van der Waals surface area contributed by atoms with Crippen molar-refractivity contribution in [3.8, 4) is 0 Å². The van der Waals surface area contributed by atoms with Crippen LogP contribution in [-0.4, -0.2) is 81.8 Å². The van der Waals surface area contributed by atoms with Gasteiger partial charge in [0.05, 0.1) is 0 Å². The second-order valence-corrected chi connectivity index (χ2v) is 9.46. The summed E-state index contributed by atoms with van der Waals surface area (Å²) in [5.41, 5.74) is 1.94. The van der Waals surface area contributed by atoms with Gasteiger partial charge in [-0.2, -0.15) is 5.10 Å². The van der Waals surface area contributed by atoms with E-state index in [4.69, 9.17) is 4.74 Å². The van der Waals surface area contributed by atoms with Crippen molar-refractivity contribution in [2.24, 2.45) is 0 Å². The van der Waals surface area contributed by atoms with Crippen LogP contribution in [0.3, 0.4) is 0 Å². The van der Waals surface area contributed by atoms with Gasteiger partial charge in [0.25, 0.3) is 0 Å². The first-order valence-electron chi connectivity index (χ1n) is 12.9. The predicted molar refractivity (Wildman–Crippen MR) is 134 cm³/mol. The van der Waals surface area contributed by atoms with E-state index >= 15 is 0 Å². The zero-order valence-electron chi connectivity index (χ0n) is 20.8. The number of aryl methyl sites for hydroxylation is 1. The third-order valence-corrected chi connectivity index (χ3v) is 7.03. The van der Waals surface area contributed by atoms with E-state index in [0.717, 1.165) is 63.2 Å². The summed E-state index contributed by atoms with van der Waals surface area (Å²) in [6.07, 6.45) is 8.32. The van der Waals surface area contributed by atoms with Gasteiger partial charge >= 0.3 is 0 Å². The summed E-state index contributed by atoms with van der Waals surface area (Å²) in [5.74, 6) is 0.182. The lowest BCUT2D eigenvalue weighted by molar-refractivity contribution is -0.132. The van der Waals surface area contributed by atoms with Crippen LogP contribution in [0, 0.1) is 0 Å². The molecule has 0 aliphatic carbocycles. The number of hydrogen-bond acceptors (Lipinski definition) is 6. The van der Waals surface area contributed by atoms with Crippen molar-refractivity contribution in [3.63, 3.8) is 0 Å². The quantitative estimate of drug-likeness (QED) is 0.652. The molecule has 0 spiro atoms. The van der Waals surface area contributed by atoms with Gasteiger partial charge in [-0.1, -0.05) is 18.2 Å². The van der Waals surface area contributed by atoms with Gasteiger partial charge in [-0.05, 0) is 43.7 Å². The van der Waals surface area contributed by atoms with Crippen LogP contribution < -0.4 is 4.90 Å². The lowest BCUT2D eigenvalue weighted by atomic mass is 10.1. The van der Waals surface area contributed by atoms with Crippen LogP contribution >= 0.6 is 0 Å². The fourth-order valence-corrected chi connectivity index (χ4v) is 5.18. The molecule has 2 amide bonds. The number of para-hydroxylation sites is 1. The average molecular weight is 483 g/mol. The standard InChI is InChI=1S/C26H38N6O3/c1-22(33)32-16-6-13-29(24-10-17-35-18-11-24)12-5-14-30(19-23-7-2-3-8-25(23)32)26(34)9-4-15-31-21-27-20-28-31/h2-3,7-8,20-21,24H,4-6,9-19H2,1H3. The number of aromatic nitrogens is 3. The maximum Gasteiger partial charge on any atom is 0.223 e. The maximum atomic E-state index is 13.3. The monoisotopic (exact) mass is 482 g/mol. The van der Waals surface area contributed by atoms with Crippen LogP contribution in [0.5, 0.6) is 0 Å². The molecule has 0 N–H and O–H groups in total. The highest BCUT2D eigenvalue weighted by molar-refractivity contribution is 5.92. The van der Waals surface area contributed by atoms with E-state index < -0.39 is 0 Å². The van der Waals surface area contributed by atoms with Crippen LogP contribution in [0.1, 0.15) is 51.0 Å². The van der Waals surface area contributed by atoms with E-state index in [1.54, 1.807) is 17.9 Å². The Kier molecular flexibility index (Phi) is 9.25. The van der Waals surface area contributed by atoms with Gasteiger partial charge in [0.1, 0.15) is 12.7 Å². The third-order valence-electron chi connectivity index (χ3n) is 7.03. The minimum atomic E-state index is 0.0397. The molecule has 1 aromatic heterocycles. The lowest BCUT2D eigenvalue weighted by Gasteiger charge is -2.36. The van der Waals surface area contributed by atoms with Crippen LogP contribution in [0.15, 0.2) is 36.9 Å². The molecule has 0 bridgehead atoms. The summed E-state index contributed by atoms with van der Waals surface area (Å²) in [4.78, 5) is 36.3. The van der Waals surface area contributed by atoms with E-state index in [-0.39, 0.29) is 11.8 Å². The van der Waals surface area contributed by atoms with Gasteiger partial charge in [-0.3, -0.25) is 14.3 Å². The van der Waals surface area contributed by atoms with Crippen molar-refractivity contribution >= 4 is 17.5 Å². The molecule has 2 aromatic rings. The van der Waals surface area contributed by atoms with Gasteiger partial charge in [0.15, 0.2) is 0 Å². The highest BCUT2D eigenvalue weighted by atomic mass is 16.5. The Morgan fingerprint density at radius 1 is 1.06 bits per heavy atom. The molecular formula is C26H38N6O3. The zero-order valence-corrected chi connectivity index (χ0v) is 20.8. The van der Waals surface area contributed by atoms with Crippen molar-refractivity contribution in [1.29, 1.82) is 0 Å². The van der Waals surface area contributed by atoms with Crippen molar-refractivity contribution < 1.29 is 14.3 Å². The minimum absolute atomic E-state index is 0.0397. The highest BCUT2D eigenvalue weighted by Crippen LogP contribution is 2.25. The fourth-order valence-electron chi connectivity index (χ4n) is 5.18. The molecule has 0 atom stereocenters. The molecule has 1 aromatic carbocycles. The number of anilines is 1. The van der Waals surface area contributed by atoms with E-state index in [0.29, 0.717) is 45.1 Å². The zero-order chi connectivity index (χ0) is 24.5. The number of fused-ring (bicyclic) bond motifs is 1. The van der Waals surface area contributed by atoms with Crippen molar-refractivity contribution in [2.75, 3.05) is 44.3 Å². The fraction of sp³-hybridized carbons (Fsp3) is 0.615. The Balaban J connectivity index is 1.51. The minimum Gasteiger partial charge on any atom is -0.381 e. The Morgan fingerprint density at radius 2 is 1.83 bits per heavy atom. The second-order valence-electron chi connectivity index (χ2n) is 9.46. The van der Waals surface area contributed by atoms with E-state index in [9.17, 15) is 9.59 Å². The van der Waals surface area contributed by atoms with E-state index in [2.05, 4.69) is 15.0 Å². The van der Waals surface area contributed by atoms with Crippen LogP contribution in [0.25, 0.3) is 0 Å². The lowest BCUT2D eigenvalue weighted by Crippen LogP contribution is -2.43. The molecule has 0 unspecified atom stereocenters. The number of rotatable bonds is 5. The summed E-state index contributed by atoms with van der Waals surface area (Å²) in [6, 6.07) is 8.52. The van der Waals surface area contributed by atoms with Gasteiger partial charge in [0.2, 0.25) is 11.8 Å². The SMILES string of the molecule is CC(=O)N1CCCN(C2CCOCC2)CCCN(C(=O)CCCn2cncn2)Cc2ccccc21. The smallest absolute Gasteiger partial charge is 0.223 e. The molecule has 35 heavy (non-hydrogen) atoms. The van der Waals surface area contributed by atoms with Crippen molar-refractivity contribution in [3.05, 3.63) is 42.5 Å². The number of hydrogen-bond donors (Lipinski definition) is 0. The maximum absolute atomic E-state index is 13.3. The highest BCUT2D eigenvalue weighted by Gasteiger charge is 2.24. The predicted octanol–water partition coefficient (Wildman–Crippen LogP) is 2.71. The first-order chi connectivity index (χ1) is 17.1. The normalized spacial score (nSPS) is 19.0. The van der Waals surface area contributed by atoms with Crippen LogP contribution in [0.4, 0.5) is 5.69 Å². The molecule has 2 aliphatic rings. The molecule has 1 fully saturated rings. The summed E-state index contributed by atoms with van der Waals surface area (Å²) in [5, 5.41) is 4.13.